The van der Waals surface area contributed by atoms with Crippen LogP contribution in [0.2, 0.25) is 0 Å². The fourth-order valence-electron chi connectivity index (χ4n) is 0.678. The van der Waals surface area contributed by atoms with Crippen LogP contribution in [0.5, 0.6) is 0 Å². The molecule has 0 unspecified atom stereocenters. The lowest BCUT2D eigenvalue weighted by Gasteiger charge is -2.13. The molecule has 0 aliphatic carbocycles. The first-order chi connectivity index (χ1) is 4.33. The SMILES string of the molecule is ON1C=C(CCl)C=CC1. The minimum atomic E-state index is 0.452. The van der Waals surface area contributed by atoms with Crippen LogP contribution in [0.3, 0.4) is 0 Å². The van der Waals surface area contributed by atoms with E-state index in [1.54, 1.807) is 6.20 Å². The van der Waals surface area contributed by atoms with E-state index < -0.39 is 0 Å². The predicted molar refractivity (Wildman–Crippen MR) is 36.4 cm³/mol. The predicted octanol–water partition coefficient (Wildman–Crippen LogP) is 1.37. The Morgan fingerprint density at radius 1 is 1.78 bits per heavy atom. The Bertz CT molecular complexity index is 153. The molecule has 0 amide bonds. The molecule has 1 heterocycles. The highest BCUT2D eigenvalue weighted by Crippen LogP contribution is 2.05. The molecule has 0 radical (unpaired) electrons. The summed E-state index contributed by atoms with van der Waals surface area (Å²) in [5, 5.41) is 9.97. The fourth-order valence-corrected chi connectivity index (χ4v) is 0.836. The van der Waals surface area contributed by atoms with Gasteiger partial charge in [0.2, 0.25) is 0 Å². The molecule has 0 atom stereocenters. The summed E-state index contributed by atoms with van der Waals surface area (Å²) in [6.45, 7) is 0.556. The maximum Gasteiger partial charge on any atom is 0.0630 e. The summed E-state index contributed by atoms with van der Waals surface area (Å²) < 4.78 is 0. The molecule has 1 aliphatic heterocycles. The number of hydroxylamine groups is 2. The van der Waals surface area contributed by atoms with Gasteiger partial charge in [0.15, 0.2) is 0 Å². The lowest BCUT2D eigenvalue weighted by Crippen LogP contribution is -2.15. The molecule has 1 N–H and O–H groups in total. The number of halogens is 1. The maximum absolute atomic E-state index is 8.86. The van der Waals surface area contributed by atoms with Crippen molar-refractivity contribution in [2.45, 2.75) is 0 Å². The minimum absolute atomic E-state index is 0.452. The molecule has 1 aliphatic rings. The lowest BCUT2D eigenvalue weighted by atomic mass is 10.2. The molecule has 2 nitrogen and oxygen atoms in total. The zero-order chi connectivity index (χ0) is 6.69. The van der Waals surface area contributed by atoms with E-state index in [2.05, 4.69) is 0 Å². The van der Waals surface area contributed by atoms with Gasteiger partial charge in [-0.05, 0) is 5.57 Å². The van der Waals surface area contributed by atoms with E-state index in [0.717, 1.165) is 10.6 Å². The normalized spacial score (nSPS) is 18.0. The second-order valence-electron chi connectivity index (χ2n) is 1.86. The molecule has 0 aromatic heterocycles. The second kappa shape index (κ2) is 2.90. The highest BCUT2D eigenvalue weighted by Gasteiger charge is 1.98. The van der Waals surface area contributed by atoms with Crippen LogP contribution in [0.4, 0.5) is 0 Å². The summed E-state index contributed by atoms with van der Waals surface area (Å²) in [5.74, 6) is 0.452. The number of nitrogens with zero attached hydrogens (tertiary/aromatic N) is 1. The second-order valence-corrected chi connectivity index (χ2v) is 2.13. The van der Waals surface area contributed by atoms with Gasteiger partial charge in [0.05, 0.1) is 6.54 Å². The molecule has 0 fully saturated rings. The Kier molecular flexibility index (Phi) is 2.14. The van der Waals surface area contributed by atoms with Crippen LogP contribution in [0.1, 0.15) is 0 Å². The van der Waals surface area contributed by atoms with Crippen LogP contribution in [0.15, 0.2) is 23.9 Å². The molecular weight excluding hydrogens is 138 g/mol. The summed E-state index contributed by atoms with van der Waals surface area (Å²) in [6, 6.07) is 0. The number of alkyl halides is 1. The molecule has 0 spiro atoms. The van der Waals surface area contributed by atoms with Crippen LogP contribution in [0.25, 0.3) is 0 Å². The van der Waals surface area contributed by atoms with Crippen LogP contribution in [-0.2, 0) is 0 Å². The van der Waals surface area contributed by atoms with Crippen molar-refractivity contribution in [3.63, 3.8) is 0 Å². The van der Waals surface area contributed by atoms with E-state index in [9.17, 15) is 0 Å². The van der Waals surface area contributed by atoms with Gasteiger partial charge in [-0.1, -0.05) is 12.2 Å². The first kappa shape index (κ1) is 6.65. The third-order valence-corrected chi connectivity index (χ3v) is 1.40. The van der Waals surface area contributed by atoms with Gasteiger partial charge in [0.1, 0.15) is 0 Å². The number of rotatable bonds is 1. The summed E-state index contributed by atoms with van der Waals surface area (Å²) in [4.78, 5) is 0. The third-order valence-electron chi connectivity index (χ3n) is 1.09. The smallest absolute Gasteiger partial charge is 0.0630 e. The number of hydrogen-bond acceptors (Lipinski definition) is 2. The zero-order valence-corrected chi connectivity index (χ0v) is 5.67. The van der Waals surface area contributed by atoms with Crippen molar-refractivity contribution < 1.29 is 5.21 Å². The highest BCUT2D eigenvalue weighted by atomic mass is 35.5. The largest absolute Gasteiger partial charge is 0.289 e. The van der Waals surface area contributed by atoms with Gasteiger partial charge in [-0.2, -0.15) is 0 Å². The van der Waals surface area contributed by atoms with Crippen molar-refractivity contribution in [1.82, 2.24) is 5.06 Å². The minimum Gasteiger partial charge on any atom is -0.289 e. The van der Waals surface area contributed by atoms with E-state index in [1.165, 1.54) is 0 Å². The van der Waals surface area contributed by atoms with Gasteiger partial charge in [-0.15, -0.1) is 11.6 Å². The van der Waals surface area contributed by atoms with Gasteiger partial charge in [0, 0.05) is 12.1 Å². The Morgan fingerprint density at radius 3 is 3.00 bits per heavy atom. The number of allylic oxidation sites excluding steroid dienone is 2. The zero-order valence-electron chi connectivity index (χ0n) is 4.92. The van der Waals surface area contributed by atoms with E-state index in [-0.39, 0.29) is 0 Å². The van der Waals surface area contributed by atoms with Gasteiger partial charge in [-0.3, -0.25) is 10.3 Å². The van der Waals surface area contributed by atoms with Crippen LogP contribution in [-0.4, -0.2) is 22.7 Å². The fraction of sp³-hybridized carbons (Fsp3) is 0.333. The maximum atomic E-state index is 8.86. The highest BCUT2D eigenvalue weighted by molar-refractivity contribution is 6.19. The van der Waals surface area contributed by atoms with Crippen molar-refractivity contribution in [3.8, 4) is 0 Å². The van der Waals surface area contributed by atoms with Crippen molar-refractivity contribution >= 4 is 11.6 Å². The molecule has 0 aromatic carbocycles. The van der Waals surface area contributed by atoms with Gasteiger partial charge in [0.25, 0.3) is 0 Å². The van der Waals surface area contributed by atoms with Gasteiger partial charge >= 0.3 is 0 Å². The molecule has 1 rings (SSSR count). The Labute approximate surface area is 59.0 Å². The first-order valence-corrected chi connectivity index (χ1v) is 3.25. The van der Waals surface area contributed by atoms with Crippen molar-refractivity contribution in [2.24, 2.45) is 0 Å². The summed E-state index contributed by atoms with van der Waals surface area (Å²) in [5.41, 5.74) is 0.936. The molecule has 0 saturated carbocycles. The average molecular weight is 146 g/mol. The lowest BCUT2D eigenvalue weighted by molar-refractivity contribution is -0.0310. The van der Waals surface area contributed by atoms with E-state index in [1.807, 2.05) is 12.2 Å². The van der Waals surface area contributed by atoms with Gasteiger partial charge in [-0.25, -0.2) is 0 Å². The summed E-state index contributed by atoms with van der Waals surface area (Å²) in [7, 11) is 0. The topological polar surface area (TPSA) is 23.5 Å². The van der Waals surface area contributed by atoms with Crippen molar-refractivity contribution in [1.29, 1.82) is 0 Å². The molecule has 0 aromatic rings. The van der Waals surface area contributed by atoms with Gasteiger partial charge < -0.3 is 0 Å². The Hall–Kier alpha value is -0.470. The molecule has 50 valence electrons. The molecule has 0 bridgehead atoms. The molecular formula is C6H8ClNO. The number of hydrogen-bond donors (Lipinski definition) is 1. The van der Waals surface area contributed by atoms with E-state index in [4.69, 9.17) is 16.8 Å². The quantitative estimate of drug-likeness (QED) is 0.564. The van der Waals surface area contributed by atoms with E-state index in [0.29, 0.717) is 12.4 Å². The van der Waals surface area contributed by atoms with Crippen LogP contribution >= 0.6 is 11.6 Å². The van der Waals surface area contributed by atoms with Crippen molar-refractivity contribution in [2.75, 3.05) is 12.4 Å². The van der Waals surface area contributed by atoms with Crippen LogP contribution < -0.4 is 0 Å². The van der Waals surface area contributed by atoms with Crippen LogP contribution in [0, 0.1) is 0 Å². The Morgan fingerprint density at radius 2 is 2.56 bits per heavy atom. The first-order valence-electron chi connectivity index (χ1n) is 2.71. The summed E-state index contributed by atoms with van der Waals surface area (Å²) in [6.07, 6.45) is 5.38. The van der Waals surface area contributed by atoms with E-state index >= 15 is 0 Å². The molecule has 3 heteroatoms. The third kappa shape index (κ3) is 1.73. The summed E-state index contributed by atoms with van der Waals surface area (Å²) >= 11 is 5.49. The molecule has 0 saturated heterocycles. The monoisotopic (exact) mass is 145 g/mol. The Balaban J connectivity index is 2.59. The van der Waals surface area contributed by atoms with Crippen molar-refractivity contribution in [3.05, 3.63) is 23.9 Å². The molecule has 9 heavy (non-hydrogen) atoms. The standard InChI is InChI=1S/C6H8ClNO/c7-4-6-2-1-3-8(9)5-6/h1-2,5,9H,3-4H2. The average Bonchev–Trinajstić information content (AvgIpc) is 1.88.